The summed E-state index contributed by atoms with van der Waals surface area (Å²) in [6.07, 6.45) is 8.72. The number of aromatic nitrogens is 4. The summed E-state index contributed by atoms with van der Waals surface area (Å²) in [6.45, 7) is 6.13. The summed E-state index contributed by atoms with van der Waals surface area (Å²) in [7, 11) is 1.76. The van der Waals surface area contributed by atoms with E-state index in [0.29, 0.717) is 48.0 Å². The molecule has 190 valence electrons. The quantitative estimate of drug-likeness (QED) is 0.504. The van der Waals surface area contributed by atoms with Gasteiger partial charge >= 0.3 is 5.97 Å². The van der Waals surface area contributed by atoms with E-state index in [-0.39, 0.29) is 36.5 Å². The SMILES string of the molecule is CNc1nc(NC(=O)CC2CCCCC2)nc2c1ncn2C1=C(C)CC(COC(=O)CC(C)C)O1. The number of carbonyl (C=O) groups excluding carboxylic acids is 2. The number of imidazole rings is 1. The van der Waals surface area contributed by atoms with Gasteiger partial charge in [-0.15, -0.1) is 0 Å². The fourth-order valence-electron chi connectivity index (χ4n) is 4.77. The first kappa shape index (κ1) is 24.9. The molecule has 1 unspecified atom stereocenters. The second-order valence-corrected chi connectivity index (χ2v) is 10.00. The molecule has 1 atom stereocenters. The fourth-order valence-corrected chi connectivity index (χ4v) is 4.77. The number of nitrogens with one attached hydrogen (secondary N) is 2. The number of nitrogens with zero attached hydrogens (tertiary/aromatic N) is 4. The minimum absolute atomic E-state index is 0.0693. The van der Waals surface area contributed by atoms with Gasteiger partial charge in [-0.25, -0.2) is 4.98 Å². The van der Waals surface area contributed by atoms with Crippen LogP contribution in [0.4, 0.5) is 11.8 Å². The number of carbonyl (C=O) groups is 2. The van der Waals surface area contributed by atoms with Gasteiger partial charge in [-0.2, -0.15) is 9.97 Å². The molecule has 4 rings (SSSR count). The topological polar surface area (TPSA) is 120 Å². The highest BCUT2D eigenvalue weighted by Crippen LogP contribution is 2.32. The Hall–Kier alpha value is -3.17. The molecule has 2 aromatic rings. The molecule has 2 aliphatic rings. The Morgan fingerprint density at radius 1 is 1.23 bits per heavy atom. The van der Waals surface area contributed by atoms with E-state index < -0.39 is 0 Å². The van der Waals surface area contributed by atoms with E-state index in [2.05, 4.69) is 25.6 Å². The standard InChI is InChI=1S/C25H36N6O4/c1-15(2)10-20(33)34-13-18-11-16(3)24(35-18)31-14-27-21-22(26-4)29-25(30-23(21)31)28-19(32)12-17-8-6-5-7-9-17/h14-15,17-18H,5-13H2,1-4H3,(H2,26,28,29,30,32). The number of fused-ring (bicyclic) bond motifs is 1. The maximum absolute atomic E-state index is 12.7. The van der Waals surface area contributed by atoms with Crippen LogP contribution in [0.3, 0.4) is 0 Å². The van der Waals surface area contributed by atoms with E-state index in [0.717, 1.165) is 18.4 Å². The third-order valence-corrected chi connectivity index (χ3v) is 6.48. The van der Waals surface area contributed by atoms with E-state index >= 15 is 0 Å². The van der Waals surface area contributed by atoms with Crippen LogP contribution < -0.4 is 10.6 Å². The van der Waals surface area contributed by atoms with Crippen LogP contribution in [0.25, 0.3) is 17.0 Å². The van der Waals surface area contributed by atoms with Crippen molar-refractivity contribution in [3.63, 3.8) is 0 Å². The molecule has 0 spiro atoms. The van der Waals surface area contributed by atoms with Crippen molar-refractivity contribution >= 4 is 40.7 Å². The van der Waals surface area contributed by atoms with Crippen LogP contribution in [0, 0.1) is 11.8 Å². The molecule has 10 nitrogen and oxygen atoms in total. The Balaban J connectivity index is 1.49. The van der Waals surface area contributed by atoms with Gasteiger partial charge in [-0.1, -0.05) is 33.1 Å². The van der Waals surface area contributed by atoms with Gasteiger partial charge in [0.15, 0.2) is 22.9 Å². The average molecular weight is 485 g/mol. The van der Waals surface area contributed by atoms with Gasteiger partial charge in [-0.3, -0.25) is 19.5 Å². The van der Waals surface area contributed by atoms with E-state index in [1.165, 1.54) is 19.3 Å². The van der Waals surface area contributed by atoms with Gasteiger partial charge in [0.1, 0.15) is 19.0 Å². The maximum Gasteiger partial charge on any atom is 0.306 e. The van der Waals surface area contributed by atoms with Crippen molar-refractivity contribution in [2.75, 3.05) is 24.3 Å². The lowest BCUT2D eigenvalue weighted by Gasteiger charge is -2.20. The van der Waals surface area contributed by atoms with Crippen molar-refractivity contribution in [1.82, 2.24) is 19.5 Å². The summed E-state index contributed by atoms with van der Waals surface area (Å²) in [5.74, 6) is 1.75. The van der Waals surface area contributed by atoms with Crippen molar-refractivity contribution < 1.29 is 19.1 Å². The zero-order chi connectivity index (χ0) is 24.9. The Morgan fingerprint density at radius 3 is 2.71 bits per heavy atom. The summed E-state index contributed by atoms with van der Waals surface area (Å²) >= 11 is 0. The second-order valence-electron chi connectivity index (χ2n) is 10.00. The third-order valence-electron chi connectivity index (χ3n) is 6.48. The Bertz CT molecular complexity index is 1100. The molecule has 1 fully saturated rings. The Kier molecular flexibility index (Phi) is 7.87. The number of hydrogen-bond donors (Lipinski definition) is 2. The molecule has 0 saturated heterocycles. The molecule has 3 heterocycles. The van der Waals surface area contributed by atoms with Gasteiger partial charge < -0.3 is 14.8 Å². The van der Waals surface area contributed by atoms with Crippen molar-refractivity contribution in [2.24, 2.45) is 11.8 Å². The van der Waals surface area contributed by atoms with Crippen molar-refractivity contribution in [2.45, 2.75) is 78.2 Å². The number of hydrogen-bond acceptors (Lipinski definition) is 8. The number of ether oxygens (including phenoxy) is 2. The van der Waals surface area contributed by atoms with Crippen LogP contribution in [0.2, 0.25) is 0 Å². The van der Waals surface area contributed by atoms with E-state index in [1.807, 2.05) is 20.8 Å². The van der Waals surface area contributed by atoms with Crippen molar-refractivity contribution in [3.8, 4) is 0 Å². The Morgan fingerprint density at radius 2 is 2.00 bits per heavy atom. The summed E-state index contributed by atoms with van der Waals surface area (Å²) in [4.78, 5) is 38.1. The van der Waals surface area contributed by atoms with Gasteiger partial charge in [0.05, 0.1) is 0 Å². The van der Waals surface area contributed by atoms with E-state index in [4.69, 9.17) is 9.47 Å². The maximum atomic E-state index is 12.7. The molecule has 2 N–H and O–H groups in total. The van der Waals surface area contributed by atoms with Crippen LogP contribution in [0.5, 0.6) is 0 Å². The van der Waals surface area contributed by atoms with Gasteiger partial charge in [0, 0.05) is 26.3 Å². The first-order valence-corrected chi connectivity index (χ1v) is 12.6. The summed E-state index contributed by atoms with van der Waals surface area (Å²) < 4.78 is 13.3. The summed E-state index contributed by atoms with van der Waals surface area (Å²) in [6, 6.07) is 0. The van der Waals surface area contributed by atoms with Gasteiger partial charge in [-0.05, 0) is 37.2 Å². The largest absolute Gasteiger partial charge is 0.471 e. The first-order valence-electron chi connectivity index (χ1n) is 12.6. The molecular weight excluding hydrogens is 448 g/mol. The van der Waals surface area contributed by atoms with E-state index in [9.17, 15) is 9.59 Å². The molecule has 35 heavy (non-hydrogen) atoms. The molecular formula is C25H36N6O4. The number of rotatable bonds is 9. The number of anilines is 2. The van der Waals surface area contributed by atoms with Crippen LogP contribution in [0.15, 0.2) is 11.9 Å². The molecule has 1 saturated carbocycles. The first-order chi connectivity index (χ1) is 16.8. The van der Waals surface area contributed by atoms with Gasteiger partial charge in [0.2, 0.25) is 11.9 Å². The van der Waals surface area contributed by atoms with Crippen LogP contribution in [-0.4, -0.2) is 51.2 Å². The third kappa shape index (κ3) is 6.10. The van der Waals surface area contributed by atoms with Crippen LogP contribution in [-0.2, 0) is 19.1 Å². The zero-order valence-corrected chi connectivity index (χ0v) is 21.1. The van der Waals surface area contributed by atoms with Gasteiger partial charge in [0.25, 0.3) is 0 Å². The Labute approximate surface area is 205 Å². The van der Waals surface area contributed by atoms with Crippen LogP contribution in [0.1, 0.15) is 72.1 Å². The highest BCUT2D eigenvalue weighted by molar-refractivity contribution is 5.92. The lowest BCUT2D eigenvalue weighted by molar-refractivity contribution is -0.147. The molecule has 0 aromatic carbocycles. The fraction of sp³-hybridized carbons (Fsp3) is 0.640. The number of esters is 1. The highest BCUT2D eigenvalue weighted by atomic mass is 16.6. The molecule has 0 bridgehead atoms. The van der Waals surface area contributed by atoms with Crippen molar-refractivity contribution in [1.29, 1.82) is 0 Å². The summed E-state index contributed by atoms with van der Waals surface area (Å²) in [5, 5.41) is 5.92. The monoisotopic (exact) mass is 484 g/mol. The van der Waals surface area contributed by atoms with Crippen LogP contribution >= 0.6 is 0 Å². The number of amides is 1. The second kappa shape index (κ2) is 11.0. The predicted molar refractivity (Wildman–Crippen MR) is 133 cm³/mol. The smallest absolute Gasteiger partial charge is 0.306 e. The molecule has 0 radical (unpaired) electrons. The molecule has 1 aliphatic heterocycles. The zero-order valence-electron chi connectivity index (χ0n) is 21.1. The summed E-state index contributed by atoms with van der Waals surface area (Å²) in [5.41, 5.74) is 2.11. The predicted octanol–water partition coefficient (Wildman–Crippen LogP) is 4.34. The molecule has 1 amide bonds. The van der Waals surface area contributed by atoms with Crippen molar-refractivity contribution in [3.05, 3.63) is 11.9 Å². The minimum atomic E-state index is -0.265. The normalized spacial score (nSPS) is 18.7. The highest BCUT2D eigenvalue weighted by Gasteiger charge is 2.28. The minimum Gasteiger partial charge on any atom is -0.471 e. The molecule has 1 aliphatic carbocycles. The lowest BCUT2D eigenvalue weighted by atomic mass is 9.87. The average Bonchev–Trinajstić information content (AvgIpc) is 3.40. The van der Waals surface area contributed by atoms with E-state index in [1.54, 1.807) is 17.9 Å². The molecule has 10 heteroatoms. The molecule has 2 aromatic heterocycles. The lowest BCUT2D eigenvalue weighted by Crippen LogP contribution is -2.20.